The molecule has 1 aromatic carbocycles. The zero-order valence-electron chi connectivity index (χ0n) is 13.0. The summed E-state index contributed by atoms with van der Waals surface area (Å²) < 4.78 is 1.18. The lowest BCUT2D eigenvalue weighted by Gasteiger charge is -2.26. The van der Waals surface area contributed by atoms with Gasteiger partial charge in [-0.2, -0.15) is 0 Å². The van der Waals surface area contributed by atoms with E-state index in [4.69, 9.17) is 0 Å². The molecule has 1 aliphatic rings. The van der Waals surface area contributed by atoms with Crippen LogP contribution in [0, 0.1) is 11.8 Å². The lowest BCUT2D eigenvalue weighted by Crippen LogP contribution is -2.28. The predicted octanol–water partition coefficient (Wildman–Crippen LogP) is 4.43. The molecule has 0 spiro atoms. The fourth-order valence-corrected chi connectivity index (χ4v) is 2.84. The maximum Gasteiger partial charge on any atom is 0.0423 e. The standard InChI is InChI=1S/C17H27BrN2/c1-4-20(12-14-5-6-14)17-9-16(18)8-7-15(17)11-19-10-13(2)3/h7-9,13-14,19H,4-6,10-12H2,1-3H3. The third-order valence-corrected chi connectivity index (χ3v) is 4.31. The number of hydrogen-bond donors (Lipinski definition) is 1. The highest BCUT2D eigenvalue weighted by Gasteiger charge is 2.24. The van der Waals surface area contributed by atoms with E-state index < -0.39 is 0 Å². The molecule has 0 aromatic heterocycles. The molecule has 3 heteroatoms. The lowest BCUT2D eigenvalue weighted by molar-refractivity contribution is 0.551. The number of nitrogens with zero attached hydrogens (tertiary/aromatic N) is 1. The Morgan fingerprint density at radius 2 is 2.10 bits per heavy atom. The maximum absolute atomic E-state index is 3.62. The van der Waals surface area contributed by atoms with E-state index in [9.17, 15) is 0 Å². The normalized spacial score (nSPS) is 14.8. The van der Waals surface area contributed by atoms with Crippen molar-refractivity contribution in [2.24, 2.45) is 11.8 Å². The highest BCUT2D eigenvalue weighted by atomic mass is 79.9. The first-order valence-corrected chi connectivity index (χ1v) is 8.63. The van der Waals surface area contributed by atoms with Crippen LogP contribution in [0.2, 0.25) is 0 Å². The Balaban J connectivity index is 2.08. The van der Waals surface area contributed by atoms with Crippen molar-refractivity contribution in [3.05, 3.63) is 28.2 Å². The van der Waals surface area contributed by atoms with E-state index in [1.165, 1.54) is 35.1 Å². The van der Waals surface area contributed by atoms with Crippen molar-refractivity contribution in [2.75, 3.05) is 24.5 Å². The number of rotatable bonds is 8. The number of anilines is 1. The molecule has 1 fully saturated rings. The molecule has 1 saturated carbocycles. The highest BCUT2D eigenvalue weighted by Crippen LogP contribution is 2.33. The van der Waals surface area contributed by atoms with Crippen molar-refractivity contribution in [2.45, 2.75) is 40.2 Å². The lowest BCUT2D eigenvalue weighted by atomic mass is 10.1. The minimum Gasteiger partial charge on any atom is -0.371 e. The summed E-state index contributed by atoms with van der Waals surface area (Å²) in [5.74, 6) is 1.62. The van der Waals surface area contributed by atoms with E-state index in [2.05, 4.69) is 65.1 Å². The molecular weight excluding hydrogens is 312 g/mol. The number of hydrogen-bond acceptors (Lipinski definition) is 2. The van der Waals surface area contributed by atoms with Gasteiger partial charge in [0.15, 0.2) is 0 Å². The fourth-order valence-electron chi connectivity index (χ4n) is 2.49. The molecule has 0 aliphatic heterocycles. The molecule has 0 bridgehead atoms. The smallest absolute Gasteiger partial charge is 0.0423 e. The zero-order chi connectivity index (χ0) is 14.5. The Bertz CT molecular complexity index is 427. The quantitative estimate of drug-likeness (QED) is 0.754. The molecule has 0 unspecified atom stereocenters. The Morgan fingerprint density at radius 1 is 1.35 bits per heavy atom. The van der Waals surface area contributed by atoms with Crippen LogP contribution in [0.3, 0.4) is 0 Å². The predicted molar refractivity (Wildman–Crippen MR) is 91.3 cm³/mol. The Morgan fingerprint density at radius 3 is 2.70 bits per heavy atom. The highest BCUT2D eigenvalue weighted by molar-refractivity contribution is 9.10. The molecule has 20 heavy (non-hydrogen) atoms. The summed E-state index contributed by atoms with van der Waals surface area (Å²) >= 11 is 3.62. The largest absolute Gasteiger partial charge is 0.371 e. The first kappa shape index (κ1) is 15.8. The Labute approximate surface area is 132 Å². The van der Waals surface area contributed by atoms with Gasteiger partial charge in [0.25, 0.3) is 0 Å². The van der Waals surface area contributed by atoms with Crippen molar-refractivity contribution in [3.63, 3.8) is 0 Å². The van der Waals surface area contributed by atoms with Crippen molar-refractivity contribution in [3.8, 4) is 0 Å². The van der Waals surface area contributed by atoms with E-state index >= 15 is 0 Å². The van der Waals surface area contributed by atoms with Gasteiger partial charge in [-0.25, -0.2) is 0 Å². The second-order valence-electron chi connectivity index (χ2n) is 6.28. The summed E-state index contributed by atoms with van der Waals surface area (Å²) in [6, 6.07) is 6.68. The van der Waals surface area contributed by atoms with Gasteiger partial charge in [0.05, 0.1) is 0 Å². The van der Waals surface area contributed by atoms with E-state index in [0.717, 1.165) is 25.6 Å². The van der Waals surface area contributed by atoms with E-state index in [-0.39, 0.29) is 0 Å². The number of nitrogens with one attached hydrogen (secondary N) is 1. The van der Waals surface area contributed by atoms with E-state index in [0.29, 0.717) is 5.92 Å². The number of halogens is 1. The van der Waals surface area contributed by atoms with Gasteiger partial charge in [0.2, 0.25) is 0 Å². The fraction of sp³-hybridized carbons (Fsp3) is 0.647. The van der Waals surface area contributed by atoms with Crippen LogP contribution in [-0.2, 0) is 6.54 Å². The zero-order valence-corrected chi connectivity index (χ0v) is 14.5. The molecule has 112 valence electrons. The molecule has 1 aromatic rings. The van der Waals surface area contributed by atoms with Gasteiger partial charge in [0, 0.05) is 29.8 Å². The SMILES string of the molecule is CCN(CC1CC1)c1cc(Br)ccc1CNCC(C)C. The number of benzene rings is 1. The molecule has 1 N–H and O–H groups in total. The second kappa shape index (κ2) is 7.46. The molecule has 0 radical (unpaired) electrons. The van der Waals surface area contributed by atoms with Crippen molar-refractivity contribution in [1.29, 1.82) is 0 Å². The monoisotopic (exact) mass is 338 g/mol. The summed E-state index contributed by atoms with van der Waals surface area (Å²) in [7, 11) is 0. The van der Waals surface area contributed by atoms with Crippen LogP contribution >= 0.6 is 15.9 Å². The summed E-state index contributed by atoms with van der Waals surface area (Å²) in [5.41, 5.74) is 2.81. The summed E-state index contributed by atoms with van der Waals surface area (Å²) in [5, 5.41) is 3.57. The second-order valence-corrected chi connectivity index (χ2v) is 7.20. The minimum atomic E-state index is 0.697. The summed E-state index contributed by atoms with van der Waals surface area (Å²) in [6.07, 6.45) is 2.82. The van der Waals surface area contributed by atoms with Gasteiger partial charge >= 0.3 is 0 Å². The van der Waals surface area contributed by atoms with E-state index in [1.54, 1.807) is 0 Å². The Hall–Kier alpha value is -0.540. The van der Waals surface area contributed by atoms with Gasteiger partial charge < -0.3 is 10.2 Å². The average Bonchev–Trinajstić information content (AvgIpc) is 3.21. The molecule has 1 aliphatic carbocycles. The van der Waals surface area contributed by atoms with Crippen molar-refractivity contribution < 1.29 is 0 Å². The Kier molecular flexibility index (Phi) is 5.91. The van der Waals surface area contributed by atoms with Gasteiger partial charge in [-0.1, -0.05) is 35.8 Å². The van der Waals surface area contributed by atoms with E-state index in [1.807, 2.05) is 0 Å². The summed E-state index contributed by atoms with van der Waals surface area (Å²) in [4.78, 5) is 2.54. The molecule has 0 amide bonds. The van der Waals surface area contributed by atoms with Crippen LogP contribution < -0.4 is 10.2 Å². The maximum atomic E-state index is 3.62. The van der Waals surface area contributed by atoms with Crippen LogP contribution in [0.1, 0.15) is 39.2 Å². The third kappa shape index (κ3) is 4.78. The van der Waals surface area contributed by atoms with Gasteiger partial charge in [0.1, 0.15) is 0 Å². The van der Waals surface area contributed by atoms with Crippen molar-refractivity contribution in [1.82, 2.24) is 5.32 Å². The topological polar surface area (TPSA) is 15.3 Å². The molecule has 2 rings (SSSR count). The third-order valence-electron chi connectivity index (χ3n) is 3.81. The van der Waals surface area contributed by atoms with Gasteiger partial charge in [-0.15, -0.1) is 0 Å². The first-order chi connectivity index (χ1) is 9.60. The van der Waals surface area contributed by atoms with Crippen LogP contribution in [0.4, 0.5) is 5.69 Å². The summed E-state index contributed by atoms with van der Waals surface area (Å²) in [6.45, 7) is 11.1. The molecule has 2 nitrogen and oxygen atoms in total. The van der Waals surface area contributed by atoms with Gasteiger partial charge in [-0.3, -0.25) is 0 Å². The van der Waals surface area contributed by atoms with Gasteiger partial charge in [-0.05, 0) is 55.8 Å². The molecular formula is C17H27BrN2. The average molecular weight is 339 g/mol. The van der Waals surface area contributed by atoms with Crippen molar-refractivity contribution >= 4 is 21.6 Å². The van der Waals surface area contributed by atoms with Crippen LogP contribution in [0.5, 0.6) is 0 Å². The molecule has 0 saturated heterocycles. The first-order valence-electron chi connectivity index (χ1n) is 7.84. The van der Waals surface area contributed by atoms with Crippen LogP contribution in [0.15, 0.2) is 22.7 Å². The molecule has 0 atom stereocenters. The minimum absolute atomic E-state index is 0.697. The van der Waals surface area contributed by atoms with Crippen LogP contribution in [0.25, 0.3) is 0 Å². The molecule has 0 heterocycles. The van der Waals surface area contributed by atoms with Crippen LogP contribution in [-0.4, -0.2) is 19.6 Å².